The number of halogens is 2. The van der Waals surface area contributed by atoms with Crippen LogP contribution in [-0.4, -0.2) is 12.4 Å². The van der Waals surface area contributed by atoms with Crippen LogP contribution in [0.15, 0.2) is 52.6 Å². The third kappa shape index (κ3) is 3.18. The minimum Gasteiger partial charge on any atom is -0.448 e. The molecule has 0 spiro atoms. The maximum Gasteiger partial charge on any atom is 0.169 e. The number of nitrogens with zero attached hydrogens (tertiary/aromatic N) is 2. The van der Waals surface area contributed by atoms with Crippen LogP contribution in [0.3, 0.4) is 0 Å². The monoisotopic (exact) mass is 344 g/mol. The van der Waals surface area contributed by atoms with Crippen molar-refractivity contribution in [2.75, 3.05) is 0 Å². The highest BCUT2D eigenvalue weighted by Gasteiger charge is 1.95. The van der Waals surface area contributed by atoms with Crippen LogP contribution in [0.25, 0.3) is 0 Å². The van der Waals surface area contributed by atoms with Gasteiger partial charge in [0.1, 0.15) is 11.5 Å². The van der Waals surface area contributed by atoms with Crippen LogP contribution >= 0.6 is 31.9 Å². The molecule has 16 heavy (non-hydrogen) atoms. The number of rotatable bonds is 3. The summed E-state index contributed by atoms with van der Waals surface area (Å²) in [6, 6.07) is 7.14. The van der Waals surface area contributed by atoms with Crippen LogP contribution in [0.5, 0.6) is 0 Å². The van der Waals surface area contributed by atoms with E-state index >= 15 is 0 Å². The van der Waals surface area contributed by atoms with Crippen LogP contribution in [0.1, 0.15) is 11.5 Å². The Labute approximate surface area is 108 Å². The van der Waals surface area contributed by atoms with Crippen molar-refractivity contribution in [2.45, 2.75) is 0 Å². The fourth-order valence-electron chi connectivity index (χ4n) is 0.976. The van der Waals surface area contributed by atoms with Gasteiger partial charge in [-0.1, -0.05) is 0 Å². The second-order valence-electron chi connectivity index (χ2n) is 2.77. The van der Waals surface area contributed by atoms with Gasteiger partial charge in [-0.05, 0) is 56.1 Å². The summed E-state index contributed by atoms with van der Waals surface area (Å²) in [7, 11) is 0. The Bertz CT molecular complexity index is 480. The lowest BCUT2D eigenvalue weighted by Gasteiger charge is -1.82. The Morgan fingerprint density at radius 3 is 1.56 bits per heavy atom. The molecule has 0 aliphatic heterocycles. The largest absolute Gasteiger partial charge is 0.448 e. The van der Waals surface area contributed by atoms with Gasteiger partial charge in [-0.15, -0.1) is 0 Å². The van der Waals surface area contributed by atoms with E-state index in [0.717, 1.165) is 0 Å². The van der Waals surface area contributed by atoms with Crippen molar-refractivity contribution in [1.82, 2.24) is 0 Å². The first-order chi connectivity index (χ1) is 7.74. The molecular weight excluding hydrogens is 340 g/mol. The van der Waals surface area contributed by atoms with Crippen LogP contribution in [0.4, 0.5) is 0 Å². The summed E-state index contributed by atoms with van der Waals surface area (Å²) in [6.07, 6.45) is 3.03. The molecule has 4 nitrogen and oxygen atoms in total. The summed E-state index contributed by atoms with van der Waals surface area (Å²) < 4.78 is 11.7. The van der Waals surface area contributed by atoms with Crippen LogP contribution < -0.4 is 0 Å². The lowest BCUT2D eigenvalue weighted by atomic mass is 10.5. The zero-order valence-electron chi connectivity index (χ0n) is 7.93. The summed E-state index contributed by atoms with van der Waals surface area (Å²) in [5.74, 6) is 1.26. The number of hydrogen-bond acceptors (Lipinski definition) is 4. The third-order valence-electron chi connectivity index (χ3n) is 1.62. The van der Waals surface area contributed by atoms with Gasteiger partial charge in [0.15, 0.2) is 9.34 Å². The fourth-order valence-corrected chi connectivity index (χ4v) is 1.61. The number of furan rings is 2. The van der Waals surface area contributed by atoms with Gasteiger partial charge in [0.25, 0.3) is 0 Å². The molecule has 0 fully saturated rings. The summed E-state index contributed by atoms with van der Waals surface area (Å²) in [5, 5.41) is 7.63. The molecule has 2 heterocycles. The molecule has 0 radical (unpaired) electrons. The highest BCUT2D eigenvalue weighted by Crippen LogP contribution is 2.13. The summed E-state index contributed by atoms with van der Waals surface area (Å²) in [5.41, 5.74) is 0. The molecule has 0 N–H and O–H groups in total. The second kappa shape index (κ2) is 5.27. The molecule has 2 rings (SSSR count). The number of hydrogen-bond donors (Lipinski definition) is 0. The van der Waals surface area contributed by atoms with Gasteiger partial charge in [-0.2, -0.15) is 10.2 Å². The van der Waals surface area contributed by atoms with E-state index in [4.69, 9.17) is 8.83 Å². The minimum absolute atomic E-state index is 0.629. The molecule has 0 saturated carbocycles. The molecule has 0 aromatic carbocycles. The van der Waals surface area contributed by atoms with E-state index in [9.17, 15) is 0 Å². The zero-order chi connectivity index (χ0) is 11.4. The quantitative estimate of drug-likeness (QED) is 0.626. The Balaban J connectivity index is 1.96. The average molecular weight is 346 g/mol. The van der Waals surface area contributed by atoms with E-state index in [1.807, 2.05) is 0 Å². The van der Waals surface area contributed by atoms with Crippen molar-refractivity contribution < 1.29 is 8.83 Å². The lowest BCUT2D eigenvalue weighted by Crippen LogP contribution is -1.75. The molecule has 0 bridgehead atoms. The summed E-state index contributed by atoms with van der Waals surface area (Å²) >= 11 is 6.39. The predicted molar refractivity (Wildman–Crippen MR) is 68.0 cm³/mol. The molecule has 0 atom stereocenters. The standard InChI is InChI=1S/C10H6Br2N2O2/c11-9-3-1-7(15-9)5-13-14-6-8-2-4-10(12)16-8/h1-6H/b13-5-,14-6?. The fraction of sp³-hybridized carbons (Fsp3) is 0. The SMILES string of the molecule is Brc1ccc(C=N/N=C\c2ccc(Br)o2)o1. The molecule has 82 valence electrons. The molecule has 0 unspecified atom stereocenters. The van der Waals surface area contributed by atoms with Crippen LogP contribution in [0, 0.1) is 0 Å². The third-order valence-corrected chi connectivity index (χ3v) is 2.48. The highest BCUT2D eigenvalue weighted by molar-refractivity contribution is 9.10. The molecule has 2 aromatic heterocycles. The molecule has 2 aromatic rings. The smallest absolute Gasteiger partial charge is 0.169 e. The molecular formula is C10H6Br2N2O2. The Hall–Kier alpha value is -1.14. The molecule has 0 aliphatic rings. The summed E-state index contributed by atoms with van der Waals surface area (Å²) in [6.45, 7) is 0. The van der Waals surface area contributed by atoms with Gasteiger partial charge < -0.3 is 8.83 Å². The van der Waals surface area contributed by atoms with Crippen molar-refractivity contribution in [2.24, 2.45) is 10.2 Å². The Morgan fingerprint density at radius 1 is 0.812 bits per heavy atom. The van der Waals surface area contributed by atoms with Gasteiger partial charge in [-0.3, -0.25) is 0 Å². The van der Waals surface area contributed by atoms with Crippen LogP contribution in [-0.2, 0) is 0 Å². The second-order valence-corrected chi connectivity index (χ2v) is 4.34. The highest BCUT2D eigenvalue weighted by atomic mass is 79.9. The minimum atomic E-state index is 0.629. The van der Waals surface area contributed by atoms with E-state index in [1.54, 1.807) is 24.3 Å². The van der Waals surface area contributed by atoms with E-state index in [1.165, 1.54) is 12.4 Å². The van der Waals surface area contributed by atoms with E-state index < -0.39 is 0 Å². The van der Waals surface area contributed by atoms with Gasteiger partial charge in [-0.25, -0.2) is 0 Å². The van der Waals surface area contributed by atoms with Gasteiger partial charge in [0.2, 0.25) is 0 Å². The van der Waals surface area contributed by atoms with Crippen molar-refractivity contribution in [3.8, 4) is 0 Å². The summed E-state index contributed by atoms with van der Waals surface area (Å²) in [4.78, 5) is 0. The average Bonchev–Trinajstić information content (AvgIpc) is 2.83. The first-order valence-corrected chi connectivity index (χ1v) is 5.90. The van der Waals surface area contributed by atoms with E-state index in [2.05, 4.69) is 42.1 Å². The van der Waals surface area contributed by atoms with Gasteiger partial charge in [0, 0.05) is 0 Å². The zero-order valence-corrected chi connectivity index (χ0v) is 11.1. The predicted octanol–water partition coefficient (Wildman–Crippen LogP) is 3.85. The first-order valence-electron chi connectivity index (χ1n) is 4.31. The van der Waals surface area contributed by atoms with Crippen molar-refractivity contribution >= 4 is 44.3 Å². The van der Waals surface area contributed by atoms with Crippen molar-refractivity contribution in [3.05, 3.63) is 45.1 Å². The van der Waals surface area contributed by atoms with Gasteiger partial charge in [0.05, 0.1) is 12.4 Å². The van der Waals surface area contributed by atoms with E-state index in [0.29, 0.717) is 20.9 Å². The maximum atomic E-state index is 5.20. The topological polar surface area (TPSA) is 51.0 Å². The molecule has 6 heteroatoms. The first kappa shape index (κ1) is 11.3. The molecule has 0 aliphatic carbocycles. The normalized spacial score (nSPS) is 11.9. The van der Waals surface area contributed by atoms with Crippen molar-refractivity contribution in [1.29, 1.82) is 0 Å². The Morgan fingerprint density at radius 2 is 1.25 bits per heavy atom. The Kier molecular flexibility index (Phi) is 3.74. The maximum absolute atomic E-state index is 5.20. The van der Waals surface area contributed by atoms with Crippen molar-refractivity contribution in [3.63, 3.8) is 0 Å². The molecule has 0 amide bonds. The van der Waals surface area contributed by atoms with E-state index in [-0.39, 0.29) is 0 Å². The van der Waals surface area contributed by atoms with Gasteiger partial charge >= 0.3 is 0 Å². The lowest BCUT2D eigenvalue weighted by molar-refractivity contribution is 0.533. The van der Waals surface area contributed by atoms with Crippen LogP contribution in [0.2, 0.25) is 0 Å². The molecule has 0 saturated heterocycles.